The third-order valence-electron chi connectivity index (χ3n) is 2.81. The largest absolute Gasteiger partial charge is 0.465 e. The summed E-state index contributed by atoms with van der Waals surface area (Å²) in [5.74, 6) is -6.55. The van der Waals surface area contributed by atoms with Crippen molar-refractivity contribution in [1.29, 1.82) is 0 Å². The van der Waals surface area contributed by atoms with Gasteiger partial charge >= 0.3 is 18.3 Å². The van der Waals surface area contributed by atoms with Crippen molar-refractivity contribution in [2.24, 2.45) is 11.8 Å². The van der Waals surface area contributed by atoms with Gasteiger partial charge in [0.2, 0.25) is 5.92 Å². The summed E-state index contributed by atoms with van der Waals surface area (Å²) in [6, 6.07) is 0. The van der Waals surface area contributed by atoms with E-state index in [0.29, 0.717) is 25.9 Å². The summed E-state index contributed by atoms with van der Waals surface area (Å²) in [7, 11) is 0. The van der Waals surface area contributed by atoms with Gasteiger partial charge in [-0.15, -0.1) is 0 Å². The Hall–Kier alpha value is -0.990. The van der Waals surface area contributed by atoms with Crippen LogP contribution in [0.1, 0.15) is 12.8 Å². The van der Waals surface area contributed by atoms with Crippen LogP contribution in [-0.2, 0) is 9.53 Å². The van der Waals surface area contributed by atoms with Crippen LogP contribution in [0.3, 0.4) is 0 Å². The Morgan fingerprint density at radius 2 is 1.58 bits per heavy atom. The number of hydrogen-bond donors (Lipinski definition) is 1. The molecular formula is C10H13F6NO2. The summed E-state index contributed by atoms with van der Waals surface area (Å²) < 4.78 is 77.4. The SMILES string of the molecule is O=C(OCC1CCNCC1)C(C(F)(F)F)C(F)(F)F. The first-order valence-corrected chi connectivity index (χ1v) is 5.63. The second-order valence-corrected chi connectivity index (χ2v) is 4.34. The molecule has 0 radical (unpaired) electrons. The Kier molecular flexibility index (Phi) is 5.05. The fraction of sp³-hybridized carbons (Fsp3) is 0.900. The number of hydrogen-bond acceptors (Lipinski definition) is 3. The molecular weight excluding hydrogens is 280 g/mol. The topological polar surface area (TPSA) is 38.3 Å². The van der Waals surface area contributed by atoms with Gasteiger partial charge in [0.05, 0.1) is 6.61 Å². The predicted molar refractivity (Wildman–Crippen MR) is 52.2 cm³/mol. The smallest absolute Gasteiger partial charge is 0.411 e. The van der Waals surface area contributed by atoms with E-state index in [2.05, 4.69) is 10.1 Å². The van der Waals surface area contributed by atoms with Crippen molar-refractivity contribution in [3.05, 3.63) is 0 Å². The van der Waals surface area contributed by atoms with Crippen LogP contribution in [0.2, 0.25) is 0 Å². The van der Waals surface area contributed by atoms with E-state index >= 15 is 0 Å². The molecule has 0 spiro atoms. The molecule has 1 aliphatic rings. The van der Waals surface area contributed by atoms with E-state index in [0.717, 1.165) is 0 Å². The normalized spacial score (nSPS) is 18.7. The molecule has 9 heteroatoms. The highest BCUT2D eigenvalue weighted by Crippen LogP contribution is 2.40. The highest BCUT2D eigenvalue weighted by molar-refractivity contribution is 5.74. The number of esters is 1. The molecule has 0 aromatic carbocycles. The minimum atomic E-state index is -5.69. The molecule has 0 unspecified atom stereocenters. The van der Waals surface area contributed by atoms with Crippen molar-refractivity contribution in [2.75, 3.05) is 19.7 Å². The maximum absolute atomic E-state index is 12.2. The second-order valence-electron chi connectivity index (χ2n) is 4.34. The van der Waals surface area contributed by atoms with E-state index in [1.807, 2.05) is 0 Å². The molecule has 1 rings (SSSR count). The number of ether oxygens (including phenoxy) is 1. The molecule has 0 aromatic rings. The minimum Gasteiger partial charge on any atom is -0.465 e. The van der Waals surface area contributed by atoms with Crippen LogP contribution >= 0.6 is 0 Å². The lowest BCUT2D eigenvalue weighted by Gasteiger charge is -2.25. The molecule has 0 saturated carbocycles. The zero-order valence-corrected chi connectivity index (χ0v) is 9.77. The van der Waals surface area contributed by atoms with Crippen molar-refractivity contribution in [3.8, 4) is 0 Å². The van der Waals surface area contributed by atoms with Crippen LogP contribution in [0.25, 0.3) is 0 Å². The summed E-state index contributed by atoms with van der Waals surface area (Å²) in [5, 5.41) is 2.97. The summed E-state index contributed by atoms with van der Waals surface area (Å²) in [4.78, 5) is 11.0. The van der Waals surface area contributed by atoms with Gasteiger partial charge in [-0.05, 0) is 31.8 Å². The molecule has 19 heavy (non-hydrogen) atoms. The average Bonchev–Trinajstić information content (AvgIpc) is 2.24. The van der Waals surface area contributed by atoms with Crippen LogP contribution in [0.5, 0.6) is 0 Å². The van der Waals surface area contributed by atoms with Gasteiger partial charge in [-0.3, -0.25) is 4.79 Å². The lowest BCUT2D eigenvalue weighted by Crippen LogP contribution is -2.44. The highest BCUT2D eigenvalue weighted by atomic mass is 19.4. The summed E-state index contributed by atoms with van der Waals surface area (Å²) in [6.07, 6.45) is -10.3. The van der Waals surface area contributed by atoms with Crippen LogP contribution in [0.4, 0.5) is 26.3 Å². The molecule has 0 atom stereocenters. The number of carbonyl (C=O) groups is 1. The van der Waals surface area contributed by atoms with Crippen LogP contribution in [-0.4, -0.2) is 38.0 Å². The zero-order chi connectivity index (χ0) is 14.7. The Morgan fingerprint density at radius 3 is 2.00 bits per heavy atom. The summed E-state index contributed by atoms with van der Waals surface area (Å²) in [6.45, 7) is 0.789. The van der Waals surface area contributed by atoms with Crippen LogP contribution in [0, 0.1) is 11.8 Å². The monoisotopic (exact) mass is 293 g/mol. The Bertz CT molecular complexity index is 294. The van der Waals surface area contributed by atoms with Crippen LogP contribution < -0.4 is 5.32 Å². The molecule has 1 heterocycles. The van der Waals surface area contributed by atoms with Gasteiger partial charge in [0.15, 0.2) is 0 Å². The molecule has 0 amide bonds. The van der Waals surface area contributed by atoms with Gasteiger partial charge in [-0.1, -0.05) is 0 Å². The fourth-order valence-corrected chi connectivity index (χ4v) is 1.78. The van der Waals surface area contributed by atoms with E-state index in [1.165, 1.54) is 0 Å². The number of rotatable bonds is 3. The molecule has 3 nitrogen and oxygen atoms in total. The second kappa shape index (κ2) is 5.98. The van der Waals surface area contributed by atoms with Crippen LogP contribution in [0.15, 0.2) is 0 Å². The van der Waals surface area contributed by atoms with E-state index in [-0.39, 0.29) is 5.92 Å². The Balaban J connectivity index is 2.57. The van der Waals surface area contributed by atoms with E-state index in [9.17, 15) is 31.1 Å². The summed E-state index contributed by atoms with van der Waals surface area (Å²) >= 11 is 0. The first-order chi connectivity index (χ1) is 8.62. The molecule has 0 aliphatic carbocycles. The van der Waals surface area contributed by atoms with Crippen molar-refractivity contribution >= 4 is 5.97 Å². The molecule has 0 aromatic heterocycles. The third kappa shape index (κ3) is 4.88. The summed E-state index contributed by atoms with van der Waals surface area (Å²) in [5.41, 5.74) is 0. The number of nitrogens with one attached hydrogen (secondary N) is 1. The average molecular weight is 293 g/mol. The first-order valence-electron chi connectivity index (χ1n) is 5.63. The van der Waals surface area contributed by atoms with Gasteiger partial charge in [0.25, 0.3) is 0 Å². The molecule has 1 fully saturated rings. The van der Waals surface area contributed by atoms with Crippen molar-refractivity contribution < 1.29 is 35.9 Å². The van der Waals surface area contributed by atoms with Gasteiger partial charge < -0.3 is 10.1 Å². The third-order valence-corrected chi connectivity index (χ3v) is 2.81. The lowest BCUT2D eigenvalue weighted by atomic mass is 9.99. The molecule has 0 bridgehead atoms. The maximum atomic E-state index is 12.2. The predicted octanol–water partition coefficient (Wildman–Crippen LogP) is 2.27. The van der Waals surface area contributed by atoms with Gasteiger partial charge in [0, 0.05) is 0 Å². The van der Waals surface area contributed by atoms with Gasteiger partial charge in [0.1, 0.15) is 0 Å². The van der Waals surface area contributed by atoms with Gasteiger partial charge in [-0.25, -0.2) is 0 Å². The van der Waals surface area contributed by atoms with Gasteiger partial charge in [-0.2, -0.15) is 26.3 Å². The van der Waals surface area contributed by atoms with E-state index < -0.39 is 30.8 Å². The maximum Gasteiger partial charge on any atom is 0.411 e. The molecule has 1 saturated heterocycles. The quantitative estimate of drug-likeness (QED) is 0.641. The Morgan fingerprint density at radius 1 is 1.11 bits per heavy atom. The lowest BCUT2D eigenvalue weighted by molar-refractivity contribution is -0.282. The molecule has 112 valence electrons. The molecule has 1 aliphatic heterocycles. The van der Waals surface area contributed by atoms with Crippen molar-refractivity contribution in [3.63, 3.8) is 0 Å². The van der Waals surface area contributed by atoms with Crippen molar-refractivity contribution in [1.82, 2.24) is 5.32 Å². The van der Waals surface area contributed by atoms with E-state index in [1.54, 1.807) is 0 Å². The fourth-order valence-electron chi connectivity index (χ4n) is 1.78. The number of halogens is 6. The van der Waals surface area contributed by atoms with E-state index in [4.69, 9.17) is 0 Å². The highest BCUT2D eigenvalue weighted by Gasteiger charge is 2.62. The number of piperidine rings is 1. The number of carbonyl (C=O) groups excluding carboxylic acids is 1. The van der Waals surface area contributed by atoms with Crippen molar-refractivity contribution in [2.45, 2.75) is 25.2 Å². The minimum absolute atomic E-state index is 0.202. The Labute approximate surface area is 105 Å². The standard InChI is InChI=1S/C10H13F6NO2/c11-9(12,13)7(10(14,15)16)8(18)19-5-6-1-3-17-4-2-6/h6-7,17H,1-5H2. The first kappa shape index (κ1) is 16.1. The molecule has 1 N–H and O–H groups in total. The zero-order valence-electron chi connectivity index (χ0n) is 9.77. The number of alkyl halides is 6.